The predicted octanol–water partition coefficient (Wildman–Crippen LogP) is 4.93. The monoisotopic (exact) mass is 459 g/mol. The summed E-state index contributed by atoms with van der Waals surface area (Å²) in [5, 5.41) is 3.36. The molecule has 1 aliphatic rings. The van der Waals surface area contributed by atoms with Gasteiger partial charge in [0, 0.05) is 12.2 Å². The average molecular weight is 460 g/mol. The lowest BCUT2D eigenvalue weighted by molar-refractivity contribution is -0.138. The van der Waals surface area contributed by atoms with Crippen LogP contribution in [0.2, 0.25) is 0 Å². The number of halogens is 3. The molecule has 0 aromatic heterocycles. The Bertz CT molecular complexity index is 1020. The van der Waals surface area contributed by atoms with Gasteiger partial charge in [-0.05, 0) is 49.9 Å². The third-order valence-electron chi connectivity index (χ3n) is 5.60. The number of ether oxygens (including phenoxy) is 1. The minimum atomic E-state index is -4.39. The molecule has 33 heavy (non-hydrogen) atoms. The van der Waals surface area contributed by atoms with E-state index < -0.39 is 17.7 Å². The number of allylic oxidation sites excluding steroid dienone is 1. The smallest absolute Gasteiger partial charge is 0.416 e. The van der Waals surface area contributed by atoms with E-state index in [4.69, 9.17) is 4.74 Å². The van der Waals surface area contributed by atoms with Gasteiger partial charge in [0.1, 0.15) is 0 Å². The molecule has 1 aliphatic heterocycles. The number of hydrogen-bond acceptors (Lipinski definition) is 3. The molecule has 0 amide bonds. The Balaban J connectivity index is 1.91. The van der Waals surface area contributed by atoms with Crippen LogP contribution in [-0.2, 0) is 28.7 Å². The summed E-state index contributed by atoms with van der Waals surface area (Å²) in [4.78, 5) is 19.1. The number of guanidine groups is 1. The van der Waals surface area contributed by atoms with E-state index in [1.165, 1.54) is 19.2 Å². The zero-order chi connectivity index (χ0) is 24.0. The van der Waals surface area contributed by atoms with Crippen LogP contribution in [0.25, 0.3) is 0 Å². The number of hydrogen-bond donors (Lipinski definition) is 1. The number of esters is 1. The van der Waals surface area contributed by atoms with Crippen LogP contribution in [-0.4, -0.2) is 36.5 Å². The number of methoxy groups -OCH3 is 1. The van der Waals surface area contributed by atoms with Gasteiger partial charge in [0.05, 0.1) is 30.8 Å². The first-order chi connectivity index (χ1) is 15.7. The fraction of sp³-hybridized carbons (Fsp3) is 0.360. The van der Waals surface area contributed by atoms with Gasteiger partial charge in [-0.3, -0.25) is 4.99 Å². The van der Waals surface area contributed by atoms with Crippen LogP contribution < -0.4 is 5.32 Å². The largest absolute Gasteiger partial charge is 0.466 e. The molecule has 2 aromatic rings. The minimum Gasteiger partial charge on any atom is -0.466 e. The summed E-state index contributed by atoms with van der Waals surface area (Å²) in [6.45, 7) is 4.50. The van der Waals surface area contributed by atoms with Gasteiger partial charge in [-0.2, -0.15) is 13.2 Å². The zero-order valence-corrected chi connectivity index (χ0v) is 18.9. The molecule has 0 aliphatic carbocycles. The molecule has 176 valence electrons. The molecule has 8 heteroatoms. The Labute approximate surface area is 192 Å². The summed E-state index contributed by atoms with van der Waals surface area (Å²) in [5.41, 5.74) is 2.29. The van der Waals surface area contributed by atoms with E-state index in [2.05, 4.69) is 10.3 Å². The van der Waals surface area contributed by atoms with E-state index >= 15 is 0 Å². The first-order valence-electron chi connectivity index (χ1n) is 10.8. The molecule has 1 N–H and O–H groups in total. The molecular weight excluding hydrogens is 431 g/mol. The third-order valence-corrected chi connectivity index (χ3v) is 5.60. The fourth-order valence-corrected chi connectivity index (χ4v) is 3.89. The van der Waals surface area contributed by atoms with Gasteiger partial charge in [0.15, 0.2) is 5.96 Å². The van der Waals surface area contributed by atoms with Crippen molar-refractivity contribution in [2.24, 2.45) is 4.99 Å². The number of benzene rings is 2. The van der Waals surface area contributed by atoms with Crippen LogP contribution in [0.1, 0.15) is 37.0 Å². The maximum Gasteiger partial charge on any atom is 0.416 e. The first-order valence-corrected chi connectivity index (χ1v) is 10.8. The first kappa shape index (κ1) is 24.4. The number of aliphatic imine (C=N–C) groups is 1. The molecule has 0 radical (unpaired) electrons. The summed E-state index contributed by atoms with van der Waals surface area (Å²) in [6, 6.07) is 14.7. The van der Waals surface area contributed by atoms with Crippen molar-refractivity contribution in [3.63, 3.8) is 0 Å². The van der Waals surface area contributed by atoms with Gasteiger partial charge in [-0.1, -0.05) is 42.5 Å². The summed E-state index contributed by atoms with van der Waals surface area (Å²) in [5.74, 6) is 0.145. The molecule has 0 bridgehead atoms. The molecule has 0 saturated carbocycles. The highest BCUT2D eigenvalue weighted by molar-refractivity contribution is 5.95. The molecule has 2 aromatic carbocycles. The van der Waals surface area contributed by atoms with Crippen molar-refractivity contribution in [1.29, 1.82) is 0 Å². The van der Waals surface area contributed by atoms with Crippen molar-refractivity contribution in [3.8, 4) is 0 Å². The van der Waals surface area contributed by atoms with E-state index in [1.54, 1.807) is 0 Å². The van der Waals surface area contributed by atoms with Crippen molar-refractivity contribution in [3.05, 3.63) is 82.6 Å². The van der Waals surface area contributed by atoms with Crippen molar-refractivity contribution in [2.75, 3.05) is 13.7 Å². The number of alkyl halides is 3. The molecule has 0 spiro atoms. The number of aryl methyl sites for hydroxylation is 1. The quantitative estimate of drug-likeness (QED) is 0.597. The second kappa shape index (κ2) is 10.6. The van der Waals surface area contributed by atoms with E-state index in [0.29, 0.717) is 35.8 Å². The van der Waals surface area contributed by atoms with E-state index in [1.807, 2.05) is 49.1 Å². The Morgan fingerprint density at radius 3 is 2.33 bits per heavy atom. The van der Waals surface area contributed by atoms with Crippen molar-refractivity contribution in [2.45, 2.75) is 45.5 Å². The lowest BCUT2D eigenvalue weighted by Crippen LogP contribution is -2.52. The summed E-state index contributed by atoms with van der Waals surface area (Å²) in [6.07, 6.45) is -2.98. The molecular formula is C25H28F3N3O2. The topological polar surface area (TPSA) is 53.9 Å². The zero-order valence-electron chi connectivity index (χ0n) is 18.9. The maximum absolute atomic E-state index is 12.9. The van der Waals surface area contributed by atoms with Crippen LogP contribution in [0.4, 0.5) is 13.2 Å². The predicted molar refractivity (Wildman–Crippen MR) is 121 cm³/mol. The third kappa shape index (κ3) is 5.94. The Morgan fingerprint density at radius 2 is 1.76 bits per heavy atom. The Morgan fingerprint density at radius 1 is 1.09 bits per heavy atom. The van der Waals surface area contributed by atoms with Gasteiger partial charge in [0.25, 0.3) is 0 Å². The number of nitrogens with one attached hydrogen (secondary N) is 1. The van der Waals surface area contributed by atoms with Crippen LogP contribution >= 0.6 is 0 Å². The lowest BCUT2D eigenvalue weighted by atomic mass is 9.95. The minimum absolute atomic E-state index is 0.266. The normalized spacial score (nSPS) is 17.8. The van der Waals surface area contributed by atoms with Crippen LogP contribution in [0, 0.1) is 0 Å². The highest BCUT2D eigenvalue weighted by Gasteiger charge is 2.34. The maximum atomic E-state index is 12.9. The van der Waals surface area contributed by atoms with Crippen molar-refractivity contribution in [1.82, 2.24) is 10.2 Å². The van der Waals surface area contributed by atoms with Gasteiger partial charge >= 0.3 is 12.1 Å². The molecule has 0 fully saturated rings. The van der Waals surface area contributed by atoms with E-state index in [-0.39, 0.29) is 12.6 Å². The van der Waals surface area contributed by atoms with Crippen molar-refractivity contribution >= 4 is 11.9 Å². The van der Waals surface area contributed by atoms with Crippen molar-refractivity contribution < 1.29 is 22.7 Å². The number of carbonyl (C=O) groups is 1. The highest BCUT2D eigenvalue weighted by atomic mass is 19.4. The standard InChI is InChI=1S/C25H28F3N3O2/c1-4-29-24-30-21(15-12-18-8-6-5-7-9-18)22(23(32)33-3)17(2)31(24)16-19-10-13-20(14-11-19)25(26,27)28/h5-11,13-14,21H,4,12,15-16H2,1-3H3,(H,29,30). The molecule has 1 unspecified atom stereocenters. The molecule has 1 atom stereocenters. The SMILES string of the molecule is CCN=C1NC(CCc2ccccc2)C(C(=O)OC)=C(C)N1Cc1ccc(C(F)(F)F)cc1. The number of rotatable bonds is 7. The molecule has 1 heterocycles. The lowest BCUT2D eigenvalue weighted by Gasteiger charge is -2.38. The Hall–Kier alpha value is -3.29. The van der Waals surface area contributed by atoms with Crippen LogP contribution in [0.3, 0.4) is 0 Å². The van der Waals surface area contributed by atoms with Gasteiger partial charge in [0.2, 0.25) is 0 Å². The van der Waals surface area contributed by atoms with Crippen LogP contribution in [0.15, 0.2) is 70.9 Å². The summed E-state index contributed by atoms with van der Waals surface area (Å²) >= 11 is 0. The van der Waals surface area contributed by atoms with E-state index in [9.17, 15) is 18.0 Å². The summed E-state index contributed by atoms with van der Waals surface area (Å²) < 4.78 is 43.8. The van der Waals surface area contributed by atoms with Gasteiger partial charge in [-0.25, -0.2) is 4.79 Å². The summed E-state index contributed by atoms with van der Waals surface area (Å²) in [7, 11) is 1.34. The molecule has 3 rings (SSSR count). The highest BCUT2D eigenvalue weighted by Crippen LogP contribution is 2.30. The van der Waals surface area contributed by atoms with E-state index in [0.717, 1.165) is 24.1 Å². The molecule has 5 nitrogen and oxygen atoms in total. The second-order valence-corrected chi connectivity index (χ2v) is 7.79. The average Bonchev–Trinajstić information content (AvgIpc) is 2.80. The Kier molecular flexibility index (Phi) is 7.79. The van der Waals surface area contributed by atoms with Gasteiger partial charge < -0.3 is 15.0 Å². The number of carbonyl (C=O) groups excluding carboxylic acids is 1. The fourth-order valence-electron chi connectivity index (χ4n) is 3.89. The van der Waals surface area contributed by atoms with Crippen LogP contribution in [0.5, 0.6) is 0 Å². The second-order valence-electron chi connectivity index (χ2n) is 7.79. The van der Waals surface area contributed by atoms with Gasteiger partial charge in [-0.15, -0.1) is 0 Å². The molecule has 0 saturated heterocycles. The number of nitrogens with zero attached hydrogens (tertiary/aromatic N) is 2.